The fourth-order valence-corrected chi connectivity index (χ4v) is 2.48. The normalized spacial score (nSPS) is 12.6. The van der Waals surface area contributed by atoms with E-state index in [1.807, 2.05) is 31.2 Å². The van der Waals surface area contributed by atoms with Crippen molar-refractivity contribution >= 4 is 32.6 Å². The Hall–Kier alpha value is -1.46. The van der Waals surface area contributed by atoms with Crippen molar-refractivity contribution in [3.05, 3.63) is 24.3 Å². The number of amides is 1. The topological polar surface area (TPSA) is 68.0 Å². The van der Waals surface area contributed by atoms with Gasteiger partial charge in [0.15, 0.2) is 5.13 Å². The van der Waals surface area contributed by atoms with Gasteiger partial charge in [-0.3, -0.25) is 4.79 Å². The third kappa shape index (κ3) is 3.27. The summed E-state index contributed by atoms with van der Waals surface area (Å²) in [6.45, 7) is 2.67. The van der Waals surface area contributed by atoms with E-state index in [1.165, 1.54) is 11.3 Å². The van der Waals surface area contributed by atoms with Gasteiger partial charge in [0.1, 0.15) is 0 Å². The van der Waals surface area contributed by atoms with Gasteiger partial charge in [0.05, 0.1) is 10.2 Å². The minimum absolute atomic E-state index is 0.00866. The molecular formula is C13H17N3OS. The quantitative estimate of drug-likeness (QED) is 0.871. The molecule has 0 aliphatic rings. The summed E-state index contributed by atoms with van der Waals surface area (Å²) in [5, 5.41) is 3.51. The van der Waals surface area contributed by atoms with Gasteiger partial charge in [-0.2, -0.15) is 0 Å². The zero-order chi connectivity index (χ0) is 13.0. The number of anilines is 1. The highest BCUT2D eigenvalue weighted by Crippen LogP contribution is 2.25. The zero-order valence-electron chi connectivity index (χ0n) is 10.3. The van der Waals surface area contributed by atoms with Gasteiger partial charge in [0.2, 0.25) is 5.91 Å². The SMILES string of the molecule is CC(CN)CCC(=O)Nc1nc2ccccc2s1. The van der Waals surface area contributed by atoms with Crippen LogP contribution in [0.3, 0.4) is 0 Å². The molecular weight excluding hydrogens is 246 g/mol. The molecule has 5 heteroatoms. The molecule has 0 radical (unpaired) electrons. The number of para-hydroxylation sites is 1. The average molecular weight is 263 g/mol. The predicted octanol–water partition coefficient (Wildman–Crippen LogP) is 2.61. The van der Waals surface area contributed by atoms with Crippen LogP contribution in [-0.2, 0) is 4.79 Å². The Labute approximate surface area is 110 Å². The van der Waals surface area contributed by atoms with Crippen molar-refractivity contribution in [1.82, 2.24) is 4.98 Å². The van der Waals surface area contributed by atoms with Gasteiger partial charge in [0, 0.05) is 6.42 Å². The molecule has 1 aromatic carbocycles. The lowest BCUT2D eigenvalue weighted by Gasteiger charge is -2.06. The molecule has 1 atom stereocenters. The molecule has 1 unspecified atom stereocenters. The van der Waals surface area contributed by atoms with Crippen LogP contribution in [0.15, 0.2) is 24.3 Å². The average Bonchev–Trinajstić information content (AvgIpc) is 2.77. The summed E-state index contributed by atoms with van der Waals surface area (Å²) in [6.07, 6.45) is 1.31. The Morgan fingerprint density at radius 3 is 3.00 bits per heavy atom. The van der Waals surface area contributed by atoms with Crippen molar-refractivity contribution in [1.29, 1.82) is 0 Å². The van der Waals surface area contributed by atoms with E-state index in [0.717, 1.165) is 16.6 Å². The number of nitrogens with two attached hydrogens (primary N) is 1. The maximum atomic E-state index is 11.7. The van der Waals surface area contributed by atoms with Crippen molar-refractivity contribution in [2.75, 3.05) is 11.9 Å². The molecule has 0 spiro atoms. The standard InChI is InChI=1S/C13H17N3OS/c1-9(8-14)6-7-12(17)16-13-15-10-4-2-3-5-11(10)18-13/h2-5,9H,6-8,14H2,1H3,(H,15,16,17). The van der Waals surface area contributed by atoms with Gasteiger partial charge in [-0.05, 0) is 31.0 Å². The molecule has 0 aliphatic carbocycles. The fraction of sp³-hybridized carbons (Fsp3) is 0.385. The second kappa shape index (κ2) is 5.93. The van der Waals surface area contributed by atoms with Gasteiger partial charge in [-0.1, -0.05) is 30.4 Å². The molecule has 96 valence electrons. The van der Waals surface area contributed by atoms with Crippen LogP contribution >= 0.6 is 11.3 Å². The molecule has 1 heterocycles. The largest absolute Gasteiger partial charge is 0.330 e. The number of nitrogens with one attached hydrogen (secondary N) is 1. The monoisotopic (exact) mass is 263 g/mol. The van der Waals surface area contributed by atoms with Crippen LogP contribution in [0.4, 0.5) is 5.13 Å². The second-order valence-corrected chi connectivity index (χ2v) is 5.45. The Morgan fingerprint density at radius 2 is 2.28 bits per heavy atom. The predicted molar refractivity (Wildman–Crippen MR) is 75.7 cm³/mol. The van der Waals surface area contributed by atoms with Crippen LogP contribution in [0.25, 0.3) is 10.2 Å². The van der Waals surface area contributed by atoms with E-state index < -0.39 is 0 Å². The van der Waals surface area contributed by atoms with Crippen LogP contribution in [0.2, 0.25) is 0 Å². The molecule has 0 saturated heterocycles. The second-order valence-electron chi connectivity index (χ2n) is 4.41. The molecule has 1 amide bonds. The maximum absolute atomic E-state index is 11.7. The highest BCUT2D eigenvalue weighted by Gasteiger charge is 2.08. The first-order valence-corrected chi connectivity index (χ1v) is 6.86. The Kier molecular flexibility index (Phi) is 4.28. The third-order valence-electron chi connectivity index (χ3n) is 2.81. The number of hydrogen-bond acceptors (Lipinski definition) is 4. The highest BCUT2D eigenvalue weighted by molar-refractivity contribution is 7.22. The van der Waals surface area contributed by atoms with Gasteiger partial charge < -0.3 is 11.1 Å². The summed E-state index contributed by atoms with van der Waals surface area (Å²) in [4.78, 5) is 16.1. The van der Waals surface area contributed by atoms with Crippen molar-refractivity contribution in [3.63, 3.8) is 0 Å². The zero-order valence-corrected chi connectivity index (χ0v) is 11.2. The molecule has 1 aromatic heterocycles. The summed E-state index contributed by atoms with van der Waals surface area (Å²) in [7, 11) is 0. The number of carbonyl (C=O) groups is 1. The van der Waals surface area contributed by atoms with Gasteiger partial charge >= 0.3 is 0 Å². The van der Waals surface area contributed by atoms with Crippen molar-refractivity contribution in [3.8, 4) is 0 Å². The van der Waals surface area contributed by atoms with Crippen LogP contribution < -0.4 is 11.1 Å². The molecule has 3 N–H and O–H groups in total. The fourth-order valence-electron chi connectivity index (χ4n) is 1.60. The lowest BCUT2D eigenvalue weighted by molar-refractivity contribution is -0.116. The summed E-state index contributed by atoms with van der Waals surface area (Å²) in [5.41, 5.74) is 6.44. The number of thiazole rings is 1. The Bertz CT molecular complexity index is 505. The van der Waals surface area contributed by atoms with Crippen molar-refractivity contribution in [2.24, 2.45) is 11.7 Å². The number of aromatic nitrogens is 1. The smallest absolute Gasteiger partial charge is 0.226 e. The van der Waals surface area contributed by atoms with E-state index in [0.29, 0.717) is 24.0 Å². The Balaban J connectivity index is 1.94. The number of nitrogens with zero attached hydrogens (tertiary/aromatic N) is 1. The molecule has 2 rings (SSSR count). The molecule has 18 heavy (non-hydrogen) atoms. The van der Waals surface area contributed by atoms with E-state index in [2.05, 4.69) is 10.3 Å². The maximum Gasteiger partial charge on any atom is 0.226 e. The van der Waals surface area contributed by atoms with E-state index >= 15 is 0 Å². The number of carbonyl (C=O) groups excluding carboxylic acids is 1. The van der Waals surface area contributed by atoms with Crippen molar-refractivity contribution in [2.45, 2.75) is 19.8 Å². The summed E-state index contributed by atoms with van der Waals surface area (Å²) < 4.78 is 1.09. The first-order chi connectivity index (χ1) is 8.69. The minimum Gasteiger partial charge on any atom is -0.330 e. The van der Waals surface area contributed by atoms with Gasteiger partial charge in [0.25, 0.3) is 0 Å². The van der Waals surface area contributed by atoms with E-state index in [9.17, 15) is 4.79 Å². The van der Waals surface area contributed by atoms with Crippen molar-refractivity contribution < 1.29 is 4.79 Å². The first kappa shape index (κ1) is 13.0. The molecule has 0 bridgehead atoms. The number of hydrogen-bond donors (Lipinski definition) is 2. The van der Waals surface area contributed by atoms with Crippen LogP contribution in [-0.4, -0.2) is 17.4 Å². The van der Waals surface area contributed by atoms with E-state index in [-0.39, 0.29) is 5.91 Å². The molecule has 0 aliphatic heterocycles. The van der Waals surface area contributed by atoms with Gasteiger partial charge in [-0.25, -0.2) is 4.98 Å². The summed E-state index contributed by atoms with van der Waals surface area (Å²) in [5.74, 6) is 0.389. The number of fused-ring (bicyclic) bond motifs is 1. The molecule has 4 nitrogen and oxygen atoms in total. The number of benzene rings is 1. The van der Waals surface area contributed by atoms with Crippen LogP contribution in [0, 0.1) is 5.92 Å². The lowest BCUT2D eigenvalue weighted by atomic mass is 10.1. The molecule has 0 fully saturated rings. The summed E-state index contributed by atoms with van der Waals surface area (Å²) >= 11 is 1.50. The van der Waals surface area contributed by atoms with E-state index in [1.54, 1.807) is 0 Å². The van der Waals surface area contributed by atoms with Gasteiger partial charge in [-0.15, -0.1) is 0 Å². The molecule has 2 aromatic rings. The van der Waals surface area contributed by atoms with E-state index in [4.69, 9.17) is 5.73 Å². The highest BCUT2D eigenvalue weighted by atomic mass is 32.1. The van der Waals surface area contributed by atoms with Crippen LogP contribution in [0.5, 0.6) is 0 Å². The lowest BCUT2D eigenvalue weighted by Crippen LogP contribution is -2.16. The van der Waals surface area contributed by atoms with Crippen LogP contribution in [0.1, 0.15) is 19.8 Å². The Morgan fingerprint density at radius 1 is 1.50 bits per heavy atom. The molecule has 0 saturated carbocycles. The third-order valence-corrected chi connectivity index (χ3v) is 3.76. The first-order valence-electron chi connectivity index (χ1n) is 6.04. The number of rotatable bonds is 5. The summed E-state index contributed by atoms with van der Waals surface area (Å²) in [6, 6.07) is 7.85. The minimum atomic E-state index is 0.00866.